The van der Waals surface area contributed by atoms with Gasteiger partial charge in [0.15, 0.2) is 0 Å². The highest BCUT2D eigenvalue weighted by molar-refractivity contribution is 5.02. The molecule has 0 aliphatic heterocycles. The molecule has 0 saturated heterocycles. The number of allylic oxidation sites excluding steroid dienone is 4. The highest BCUT2D eigenvalue weighted by atomic mass is 13.9. The van der Waals surface area contributed by atoms with Gasteiger partial charge < -0.3 is 0 Å². The van der Waals surface area contributed by atoms with E-state index in [2.05, 4.69) is 38.2 Å². The number of hydrogen-bond donors (Lipinski definition) is 0. The Hall–Kier alpha value is -0.520. The maximum absolute atomic E-state index is 3.82. The molecule has 0 rings (SSSR count). The van der Waals surface area contributed by atoms with Crippen molar-refractivity contribution in [3.63, 3.8) is 0 Å². The third-order valence-electron chi connectivity index (χ3n) is 2.23. The summed E-state index contributed by atoms with van der Waals surface area (Å²) < 4.78 is 0. The molecular weight excluding hydrogens is 168 g/mol. The topological polar surface area (TPSA) is 0 Å². The maximum atomic E-state index is 3.82. The summed E-state index contributed by atoms with van der Waals surface area (Å²) in [6, 6.07) is 0. The van der Waals surface area contributed by atoms with E-state index in [4.69, 9.17) is 0 Å². The minimum atomic E-state index is 1.07. The number of rotatable bonds is 9. The summed E-state index contributed by atoms with van der Waals surface area (Å²) in [6.07, 6.45) is 18.9. The Balaban J connectivity index is 3.15. The van der Waals surface area contributed by atoms with Gasteiger partial charge in [-0.2, -0.15) is 0 Å². The Bertz CT molecular complexity index is 124. The van der Waals surface area contributed by atoms with Crippen LogP contribution in [0.2, 0.25) is 0 Å². The van der Waals surface area contributed by atoms with Crippen molar-refractivity contribution in [1.29, 1.82) is 0 Å². The number of hydrogen-bond acceptors (Lipinski definition) is 0. The van der Waals surface area contributed by atoms with Gasteiger partial charge in [-0.05, 0) is 25.7 Å². The molecule has 0 spiro atoms. The molecule has 0 unspecified atom stereocenters. The molecule has 81 valence electrons. The van der Waals surface area contributed by atoms with Gasteiger partial charge in [-0.1, -0.05) is 63.8 Å². The molecule has 0 fully saturated rings. The van der Waals surface area contributed by atoms with E-state index in [0.717, 1.165) is 6.42 Å². The first-order valence-corrected chi connectivity index (χ1v) is 6.02. The van der Waals surface area contributed by atoms with Gasteiger partial charge in [0, 0.05) is 0 Å². The fourth-order valence-corrected chi connectivity index (χ4v) is 1.30. The van der Waals surface area contributed by atoms with Gasteiger partial charge in [0.25, 0.3) is 0 Å². The van der Waals surface area contributed by atoms with Crippen LogP contribution in [0, 0.1) is 6.92 Å². The van der Waals surface area contributed by atoms with Gasteiger partial charge in [-0.3, -0.25) is 0 Å². The maximum Gasteiger partial charge on any atom is -0.0348 e. The minimum Gasteiger partial charge on any atom is -0.0845 e. The van der Waals surface area contributed by atoms with Crippen molar-refractivity contribution in [2.45, 2.75) is 58.3 Å². The zero-order valence-corrected chi connectivity index (χ0v) is 9.67. The molecule has 0 aromatic carbocycles. The Kier molecular flexibility index (Phi) is 12.0. The summed E-state index contributed by atoms with van der Waals surface area (Å²) in [6.45, 7) is 6.07. The summed E-state index contributed by atoms with van der Waals surface area (Å²) in [5.74, 6) is 0. The van der Waals surface area contributed by atoms with Gasteiger partial charge in [-0.15, -0.1) is 0 Å². The lowest BCUT2D eigenvalue weighted by Crippen LogP contribution is -1.71. The standard InChI is InChI=1S/C14H25/c1-3-5-7-9-11-13-14-12-10-8-6-4-2/h11-14H,1,3-10H2,2H3. The molecule has 0 aliphatic rings. The van der Waals surface area contributed by atoms with Crippen LogP contribution >= 0.6 is 0 Å². The molecule has 0 heterocycles. The SMILES string of the molecule is [CH2]CCCCC=CC=CCCCCC. The lowest BCUT2D eigenvalue weighted by molar-refractivity contribution is 0.729. The van der Waals surface area contributed by atoms with Crippen molar-refractivity contribution in [3.05, 3.63) is 31.2 Å². The van der Waals surface area contributed by atoms with Crippen LogP contribution < -0.4 is 0 Å². The van der Waals surface area contributed by atoms with Crippen molar-refractivity contribution in [2.24, 2.45) is 0 Å². The summed E-state index contributed by atoms with van der Waals surface area (Å²) in [5, 5.41) is 0. The van der Waals surface area contributed by atoms with Crippen LogP contribution in [0.15, 0.2) is 24.3 Å². The molecule has 0 atom stereocenters. The van der Waals surface area contributed by atoms with Crippen LogP contribution in [-0.2, 0) is 0 Å². The number of unbranched alkanes of at least 4 members (excludes halogenated alkanes) is 6. The molecule has 0 heteroatoms. The van der Waals surface area contributed by atoms with Gasteiger partial charge in [0.1, 0.15) is 0 Å². The van der Waals surface area contributed by atoms with E-state index in [-0.39, 0.29) is 0 Å². The monoisotopic (exact) mass is 193 g/mol. The van der Waals surface area contributed by atoms with Crippen LogP contribution in [0.3, 0.4) is 0 Å². The van der Waals surface area contributed by atoms with Crippen molar-refractivity contribution < 1.29 is 0 Å². The van der Waals surface area contributed by atoms with E-state index >= 15 is 0 Å². The zero-order valence-electron chi connectivity index (χ0n) is 9.67. The quantitative estimate of drug-likeness (QED) is 0.354. The molecule has 1 radical (unpaired) electrons. The Morgan fingerprint density at radius 3 is 1.93 bits per heavy atom. The van der Waals surface area contributed by atoms with Crippen molar-refractivity contribution in [3.8, 4) is 0 Å². The van der Waals surface area contributed by atoms with E-state index in [1.165, 1.54) is 44.9 Å². The van der Waals surface area contributed by atoms with E-state index < -0.39 is 0 Å². The molecule has 14 heavy (non-hydrogen) atoms. The normalized spacial score (nSPS) is 11.9. The van der Waals surface area contributed by atoms with Gasteiger partial charge >= 0.3 is 0 Å². The zero-order chi connectivity index (χ0) is 10.5. The Labute approximate surface area is 90.1 Å². The average Bonchev–Trinajstić information content (AvgIpc) is 2.21. The predicted molar refractivity (Wildman–Crippen MR) is 66.2 cm³/mol. The second kappa shape index (κ2) is 12.5. The van der Waals surface area contributed by atoms with Gasteiger partial charge in [-0.25, -0.2) is 0 Å². The third-order valence-corrected chi connectivity index (χ3v) is 2.23. The fourth-order valence-electron chi connectivity index (χ4n) is 1.30. The van der Waals surface area contributed by atoms with Crippen molar-refractivity contribution >= 4 is 0 Å². The minimum absolute atomic E-state index is 1.07. The van der Waals surface area contributed by atoms with Crippen LogP contribution in [0.25, 0.3) is 0 Å². The van der Waals surface area contributed by atoms with Gasteiger partial charge in [0.2, 0.25) is 0 Å². The highest BCUT2D eigenvalue weighted by Gasteiger charge is 1.81. The van der Waals surface area contributed by atoms with Crippen molar-refractivity contribution in [2.75, 3.05) is 0 Å². The first-order valence-electron chi connectivity index (χ1n) is 6.02. The molecule has 0 aliphatic carbocycles. The predicted octanol–water partition coefficient (Wildman–Crippen LogP) is 5.07. The molecule has 0 aromatic heterocycles. The van der Waals surface area contributed by atoms with E-state index in [0.29, 0.717) is 0 Å². The second-order valence-electron chi connectivity index (χ2n) is 3.70. The van der Waals surface area contributed by atoms with Crippen LogP contribution in [0.5, 0.6) is 0 Å². The molecule has 0 amide bonds. The Morgan fingerprint density at radius 2 is 1.43 bits per heavy atom. The molecule has 0 saturated carbocycles. The van der Waals surface area contributed by atoms with Crippen LogP contribution in [0.1, 0.15) is 58.3 Å². The smallest absolute Gasteiger partial charge is 0.0348 e. The summed E-state index contributed by atoms with van der Waals surface area (Å²) in [7, 11) is 0. The second-order valence-corrected chi connectivity index (χ2v) is 3.70. The van der Waals surface area contributed by atoms with Gasteiger partial charge in [0.05, 0.1) is 0 Å². The Morgan fingerprint density at radius 1 is 0.857 bits per heavy atom. The molecule has 0 nitrogen and oxygen atoms in total. The molecule has 0 aromatic rings. The summed E-state index contributed by atoms with van der Waals surface area (Å²) >= 11 is 0. The first-order chi connectivity index (χ1) is 6.91. The molecule has 0 bridgehead atoms. The van der Waals surface area contributed by atoms with E-state index in [1.54, 1.807) is 0 Å². The first kappa shape index (κ1) is 13.5. The highest BCUT2D eigenvalue weighted by Crippen LogP contribution is 2.01. The largest absolute Gasteiger partial charge is 0.0845 e. The van der Waals surface area contributed by atoms with Crippen molar-refractivity contribution in [1.82, 2.24) is 0 Å². The third kappa shape index (κ3) is 11.5. The van der Waals surface area contributed by atoms with Crippen LogP contribution in [-0.4, -0.2) is 0 Å². The molecular formula is C14H25. The van der Waals surface area contributed by atoms with Crippen LogP contribution in [0.4, 0.5) is 0 Å². The summed E-state index contributed by atoms with van der Waals surface area (Å²) in [4.78, 5) is 0. The molecule has 0 N–H and O–H groups in total. The van der Waals surface area contributed by atoms with E-state index in [9.17, 15) is 0 Å². The summed E-state index contributed by atoms with van der Waals surface area (Å²) in [5.41, 5.74) is 0. The lowest BCUT2D eigenvalue weighted by Gasteiger charge is -1.91. The average molecular weight is 193 g/mol. The lowest BCUT2D eigenvalue weighted by atomic mass is 10.2. The fraction of sp³-hybridized carbons (Fsp3) is 0.643. The van der Waals surface area contributed by atoms with E-state index in [1.807, 2.05) is 0 Å².